The zero-order chi connectivity index (χ0) is 16.1. The Bertz CT molecular complexity index is 834. The Morgan fingerprint density at radius 1 is 1.04 bits per heavy atom. The summed E-state index contributed by atoms with van der Waals surface area (Å²) >= 11 is 1.61. The van der Waals surface area contributed by atoms with E-state index in [0.29, 0.717) is 11.3 Å². The summed E-state index contributed by atoms with van der Waals surface area (Å²) in [7, 11) is 0. The Balaban J connectivity index is 1.84. The van der Waals surface area contributed by atoms with Crippen LogP contribution >= 0.6 is 11.8 Å². The third kappa shape index (κ3) is 3.27. The molecular formula is C18H16N4S. The molecule has 0 aliphatic heterocycles. The third-order valence-corrected chi connectivity index (χ3v) is 4.58. The lowest BCUT2D eigenvalue weighted by atomic mass is 10.1. The molecular weight excluding hydrogens is 304 g/mol. The summed E-state index contributed by atoms with van der Waals surface area (Å²) in [5.74, 6) is 1.58. The van der Waals surface area contributed by atoms with Gasteiger partial charge in [-0.3, -0.25) is 0 Å². The molecule has 3 rings (SSSR count). The lowest BCUT2D eigenvalue weighted by Crippen LogP contribution is -2.00. The number of nitriles is 1. The first kappa shape index (κ1) is 15.3. The second-order valence-electron chi connectivity index (χ2n) is 4.97. The van der Waals surface area contributed by atoms with Gasteiger partial charge < -0.3 is 4.57 Å². The lowest BCUT2D eigenvalue weighted by molar-refractivity contribution is 0.687. The number of hydrogen-bond acceptors (Lipinski definition) is 4. The molecule has 0 amide bonds. The van der Waals surface area contributed by atoms with Gasteiger partial charge in [0.15, 0.2) is 11.0 Å². The Morgan fingerprint density at radius 2 is 1.78 bits per heavy atom. The fourth-order valence-electron chi connectivity index (χ4n) is 2.38. The predicted octanol–water partition coefficient (Wildman–Crippen LogP) is 4.13. The van der Waals surface area contributed by atoms with Crippen LogP contribution in [0, 0.1) is 11.3 Å². The fourth-order valence-corrected chi connectivity index (χ4v) is 3.39. The summed E-state index contributed by atoms with van der Waals surface area (Å²) in [6.07, 6.45) is 0. The van der Waals surface area contributed by atoms with E-state index in [2.05, 4.69) is 27.8 Å². The van der Waals surface area contributed by atoms with Crippen LogP contribution < -0.4 is 0 Å². The second kappa shape index (κ2) is 7.12. The van der Waals surface area contributed by atoms with Gasteiger partial charge in [-0.25, -0.2) is 0 Å². The lowest BCUT2D eigenvalue weighted by Gasteiger charge is -2.08. The fraction of sp³-hybridized carbons (Fsp3) is 0.167. The average molecular weight is 320 g/mol. The maximum Gasteiger partial charge on any atom is 0.191 e. The van der Waals surface area contributed by atoms with Crippen LogP contribution in [-0.2, 0) is 12.3 Å². The van der Waals surface area contributed by atoms with Crippen LogP contribution in [0.5, 0.6) is 0 Å². The molecule has 0 aliphatic rings. The average Bonchev–Trinajstić information content (AvgIpc) is 3.03. The van der Waals surface area contributed by atoms with Gasteiger partial charge in [0.1, 0.15) is 0 Å². The largest absolute Gasteiger partial charge is 0.302 e. The molecule has 0 atom stereocenters. The van der Waals surface area contributed by atoms with Crippen molar-refractivity contribution in [3.05, 3.63) is 65.7 Å². The minimum absolute atomic E-state index is 0.705. The molecule has 0 bridgehead atoms. The molecule has 3 aromatic rings. The molecule has 0 saturated heterocycles. The van der Waals surface area contributed by atoms with Crippen LogP contribution in [0.2, 0.25) is 0 Å². The van der Waals surface area contributed by atoms with Crippen molar-refractivity contribution in [1.82, 2.24) is 14.8 Å². The molecule has 2 aromatic carbocycles. The highest BCUT2D eigenvalue weighted by atomic mass is 32.2. The number of thioether (sulfide) groups is 1. The van der Waals surface area contributed by atoms with E-state index in [-0.39, 0.29) is 0 Å². The summed E-state index contributed by atoms with van der Waals surface area (Å²) < 4.78 is 2.11. The van der Waals surface area contributed by atoms with Crippen LogP contribution in [-0.4, -0.2) is 14.8 Å². The van der Waals surface area contributed by atoms with Crippen LogP contribution in [0.15, 0.2) is 59.8 Å². The predicted molar refractivity (Wildman–Crippen MR) is 91.9 cm³/mol. The molecule has 5 heteroatoms. The summed E-state index contributed by atoms with van der Waals surface area (Å²) in [6.45, 7) is 2.89. The summed E-state index contributed by atoms with van der Waals surface area (Å²) in [5.41, 5.74) is 2.80. The quantitative estimate of drug-likeness (QED) is 0.663. The standard InChI is InChI=1S/C18H16N4S/c1-2-22-17(14-8-4-3-5-9-14)20-21-18(22)23-13-16-11-7-6-10-15(16)12-19/h3-11H,2,13H2,1H3. The van der Waals surface area contributed by atoms with Gasteiger partial charge >= 0.3 is 0 Å². The molecule has 0 aliphatic carbocycles. The van der Waals surface area contributed by atoms with E-state index >= 15 is 0 Å². The van der Waals surface area contributed by atoms with Gasteiger partial charge in [0.05, 0.1) is 11.6 Å². The first-order chi connectivity index (χ1) is 11.3. The summed E-state index contributed by atoms with van der Waals surface area (Å²) in [5, 5.41) is 18.7. The molecule has 0 unspecified atom stereocenters. The van der Waals surface area contributed by atoms with Crippen molar-refractivity contribution in [3.63, 3.8) is 0 Å². The number of benzene rings is 2. The number of hydrogen-bond donors (Lipinski definition) is 0. The maximum absolute atomic E-state index is 9.18. The molecule has 0 saturated carbocycles. The smallest absolute Gasteiger partial charge is 0.191 e. The Labute approximate surface area is 139 Å². The van der Waals surface area contributed by atoms with E-state index in [1.54, 1.807) is 11.8 Å². The molecule has 0 N–H and O–H groups in total. The molecule has 0 fully saturated rings. The van der Waals surface area contributed by atoms with Crippen molar-refractivity contribution in [3.8, 4) is 17.5 Å². The number of aromatic nitrogens is 3. The van der Waals surface area contributed by atoms with Crippen LogP contribution in [0.3, 0.4) is 0 Å². The van der Waals surface area contributed by atoms with Crippen molar-refractivity contribution in [2.45, 2.75) is 24.4 Å². The highest BCUT2D eigenvalue weighted by Gasteiger charge is 2.13. The van der Waals surface area contributed by atoms with Gasteiger partial charge in [0.2, 0.25) is 0 Å². The highest BCUT2D eigenvalue weighted by molar-refractivity contribution is 7.98. The zero-order valence-electron chi connectivity index (χ0n) is 12.8. The molecule has 1 heterocycles. The zero-order valence-corrected chi connectivity index (χ0v) is 13.6. The molecule has 23 heavy (non-hydrogen) atoms. The van der Waals surface area contributed by atoms with Gasteiger partial charge in [-0.05, 0) is 18.6 Å². The van der Waals surface area contributed by atoms with Crippen LogP contribution in [0.1, 0.15) is 18.1 Å². The van der Waals surface area contributed by atoms with E-state index in [0.717, 1.165) is 28.7 Å². The minimum Gasteiger partial charge on any atom is -0.302 e. The first-order valence-corrected chi connectivity index (χ1v) is 8.41. The van der Waals surface area contributed by atoms with E-state index < -0.39 is 0 Å². The molecule has 4 nitrogen and oxygen atoms in total. The van der Waals surface area contributed by atoms with Crippen molar-refractivity contribution in [1.29, 1.82) is 5.26 Å². The van der Waals surface area contributed by atoms with Crippen LogP contribution in [0.4, 0.5) is 0 Å². The van der Waals surface area contributed by atoms with Gasteiger partial charge in [-0.15, -0.1) is 10.2 Å². The van der Waals surface area contributed by atoms with Gasteiger partial charge in [0, 0.05) is 17.9 Å². The second-order valence-corrected chi connectivity index (χ2v) is 5.92. The normalized spacial score (nSPS) is 10.4. The molecule has 114 valence electrons. The molecule has 0 spiro atoms. The van der Waals surface area contributed by atoms with Gasteiger partial charge in [0.25, 0.3) is 0 Å². The first-order valence-electron chi connectivity index (χ1n) is 7.43. The van der Waals surface area contributed by atoms with E-state index in [4.69, 9.17) is 0 Å². The van der Waals surface area contributed by atoms with Crippen molar-refractivity contribution >= 4 is 11.8 Å². The van der Waals surface area contributed by atoms with Gasteiger partial charge in [-0.1, -0.05) is 60.3 Å². The SMILES string of the molecule is CCn1c(SCc2ccccc2C#N)nnc1-c1ccccc1. The topological polar surface area (TPSA) is 54.5 Å². The number of nitrogens with zero attached hydrogens (tertiary/aromatic N) is 4. The third-order valence-electron chi connectivity index (χ3n) is 3.56. The van der Waals surface area contributed by atoms with E-state index in [1.807, 2.05) is 54.6 Å². The Morgan fingerprint density at radius 3 is 2.52 bits per heavy atom. The van der Waals surface area contributed by atoms with Crippen molar-refractivity contribution in [2.24, 2.45) is 0 Å². The summed E-state index contributed by atoms with van der Waals surface area (Å²) in [6, 6.07) is 20.0. The Kier molecular flexibility index (Phi) is 4.74. The van der Waals surface area contributed by atoms with Gasteiger partial charge in [-0.2, -0.15) is 5.26 Å². The van der Waals surface area contributed by atoms with E-state index in [9.17, 15) is 5.26 Å². The molecule has 1 aromatic heterocycles. The minimum atomic E-state index is 0.705. The van der Waals surface area contributed by atoms with Crippen molar-refractivity contribution in [2.75, 3.05) is 0 Å². The highest BCUT2D eigenvalue weighted by Crippen LogP contribution is 2.27. The van der Waals surface area contributed by atoms with Crippen molar-refractivity contribution < 1.29 is 0 Å². The van der Waals surface area contributed by atoms with Crippen LogP contribution in [0.25, 0.3) is 11.4 Å². The number of rotatable bonds is 5. The van der Waals surface area contributed by atoms with E-state index in [1.165, 1.54) is 0 Å². The Hall–Kier alpha value is -2.58. The monoisotopic (exact) mass is 320 g/mol. The summed E-state index contributed by atoms with van der Waals surface area (Å²) in [4.78, 5) is 0. The molecule has 0 radical (unpaired) electrons. The maximum atomic E-state index is 9.18.